The van der Waals surface area contributed by atoms with Crippen molar-refractivity contribution in [3.8, 4) is 0 Å². The van der Waals surface area contributed by atoms with Gasteiger partial charge >= 0.3 is 0 Å². The molecule has 1 aromatic heterocycles. The molecule has 134 valence electrons. The first-order valence-electron chi connectivity index (χ1n) is 7.96. The van der Waals surface area contributed by atoms with Gasteiger partial charge in [-0.15, -0.1) is 11.3 Å². The predicted octanol–water partition coefficient (Wildman–Crippen LogP) is 4.18. The molecule has 0 saturated heterocycles. The van der Waals surface area contributed by atoms with Crippen LogP contribution in [0.15, 0.2) is 48.5 Å². The summed E-state index contributed by atoms with van der Waals surface area (Å²) in [6, 6.07) is 14.4. The highest BCUT2D eigenvalue weighted by molar-refractivity contribution is 7.21. The zero-order valence-corrected chi connectivity index (χ0v) is 15.6. The zero-order chi connectivity index (χ0) is 18.5. The number of fused-ring (bicyclic) bond motifs is 1. The molecule has 0 aliphatic rings. The van der Waals surface area contributed by atoms with Crippen LogP contribution in [0.3, 0.4) is 0 Å². The molecule has 26 heavy (non-hydrogen) atoms. The van der Waals surface area contributed by atoms with Crippen LogP contribution in [0.5, 0.6) is 0 Å². The van der Waals surface area contributed by atoms with Crippen molar-refractivity contribution in [1.82, 2.24) is 5.32 Å². The van der Waals surface area contributed by atoms with Crippen molar-refractivity contribution in [2.45, 2.75) is 0 Å². The number of thiophene rings is 1. The summed E-state index contributed by atoms with van der Waals surface area (Å²) in [6.07, 6.45) is 0. The lowest BCUT2D eigenvalue weighted by molar-refractivity contribution is 0.0938. The minimum absolute atomic E-state index is 0.277. The lowest BCUT2D eigenvalue weighted by atomic mass is 10.1. The maximum Gasteiger partial charge on any atom is 0.267 e. The Balaban J connectivity index is 1.83. The van der Waals surface area contributed by atoms with Gasteiger partial charge in [0.2, 0.25) is 0 Å². The summed E-state index contributed by atoms with van der Waals surface area (Å²) in [4.78, 5) is 25.4. The van der Waals surface area contributed by atoms with E-state index in [1.807, 2.05) is 24.3 Å². The summed E-state index contributed by atoms with van der Waals surface area (Å²) in [5.41, 5.74) is 0.815. The minimum Gasteiger partial charge on any atom is -0.383 e. The quantitative estimate of drug-likeness (QED) is 0.622. The van der Waals surface area contributed by atoms with Crippen LogP contribution >= 0.6 is 22.9 Å². The fourth-order valence-corrected chi connectivity index (χ4v) is 3.90. The highest BCUT2D eigenvalue weighted by Crippen LogP contribution is 2.35. The van der Waals surface area contributed by atoms with Gasteiger partial charge in [0, 0.05) is 23.7 Å². The summed E-state index contributed by atoms with van der Waals surface area (Å²) in [5.74, 6) is -0.617. The molecule has 2 N–H and O–H groups in total. The standard InChI is InChI=1S/C19H17ClN2O3S/c1-25-11-10-21-18(23)12-6-2-4-8-14(12)22-19(24)17-16(20)13-7-3-5-9-15(13)26-17/h2-9H,10-11H2,1H3,(H,21,23)(H,22,24). The topological polar surface area (TPSA) is 67.4 Å². The molecule has 0 fully saturated rings. The molecule has 0 atom stereocenters. The molecule has 2 aromatic carbocycles. The average molecular weight is 389 g/mol. The number of anilines is 1. The molecule has 0 radical (unpaired) electrons. The van der Waals surface area contributed by atoms with E-state index in [1.54, 1.807) is 31.4 Å². The third-order valence-corrected chi connectivity index (χ3v) is 5.43. The van der Waals surface area contributed by atoms with Crippen LogP contribution in [0.1, 0.15) is 20.0 Å². The van der Waals surface area contributed by atoms with Gasteiger partial charge in [-0.2, -0.15) is 0 Å². The van der Waals surface area contributed by atoms with Gasteiger partial charge in [0.05, 0.1) is 22.9 Å². The summed E-state index contributed by atoms with van der Waals surface area (Å²) < 4.78 is 5.86. The van der Waals surface area contributed by atoms with Gasteiger partial charge in [0.25, 0.3) is 11.8 Å². The highest BCUT2D eigenvalue weighted by Gasteiger charge is 2.19. The molecule has 0 saturated carbocycles. The highest BCUT2D eigenvalue weighted by atomic mass is 35.5. The number of para-hydroxylation sites is 1. The van der Waals surface area contributed by atoms with E-state index >= 15 is 0 Å². The lowest BCUT2D eigenvalue weighted by Gasteiger charge is -2.11. The summed E-state index contributed by atoms with van der Waals surface area (Å²) in [7, 11) is 1.56. The molecular formula is C19H17ClN2O3S. The van der Waals surface area contributed by atoms with E-state index in [-0.39, 0.29) is 11.8 Å². The Kier molecular flexibility index (Phi) is 5.88. The van der Waals surface area contributed by atoms with E-state index in [9.17, 15) is 9.59 Å². The normalized spacial score (nSPS) is 10.7. The van der Waals surface area contributed by atoms with E-state index in [2.05, 4.69) is 10.6 Å². The number of halogens is 1. The first-order chi connectivity index (χ1) is 12.6. The molecule has 2 amide bonds. The Morgan fingerprint density at radius 3 is 2.58 bits per heavy atom. The Labute approximate surface area is 159 Å². The number of carbonyl (C=O) groups excluding carboxylic acids is 2. The van der Waals surface area contributed by atoms with Crippen LogP contribution in [0.2, 0.25) is 5.02 Å². The second-order valence-corrected chi connectivity index (χ2v) is 6.92. The Hall–Kier alpha value is -2.41. The molecule has 7 heteroatoms. The molecule has 0 aliphatic carbocycles. The number of ether oxygens (including phenoxy) is 1. The predicted molar refractivity (Wildman–Crippen MR) is 105 cm³/mol. The van der Waals surface area contributed by atoms with E-state index in [0.717, 1.165) is 10.1 Å². The van der Waals surface area contributed by atoms with E-state index < -0.39 is 0 Å². The molecule has 1 heterocycles. The molecule has 0 spiro atoms. The number of rotatable bonds is 6. The average Bonchev–Trinajstić information content (AvgIpc) is 2.99. The lowest BCUT2D eigenvalue weighted by Crippen LogP contribution is -2.28. The Morgan fingerprint density at radius 1 is 1.08 bits per heavy atom. The van der Waals surface area contributed by atoms with E-state index in [0.29, 0.717) is 34.3 Å². The molecule has 0 aliphatic heterocycles. The van der Waals surface area contributed by atoms with Crippen molar-refractivity contribution in [1.29, 1.82) is 0 Å². The van der Waals surface area contributed by atoms with Crippen LogP contribution in [0, 0.1) is 0 Å². The minimum atomic E-state index is -0.339. The molecular weight excluding hydrogens is 372 g/mol. The number of methoxy groups -OCH3 is 1. The van der Waals surface area contributed by atoms with Gasteiger partial charge in [-0.05, 0) is 18.2 Å². The van der Waals surface area contributed by atoms with Crippen LogP contribution in [-0.4, -0.2) is 32.1 Å². The van der Waals surface area contributed by atoms with Gasteiger partial charge in [-0.25, -0.2) is 0 Å². The summed E-state index contributed by atoms with van der Waals surface area (Å²) in [6.45, 7) is 0.803. The SMILES string of the molecule is COCCNC(=O)c1ccccc1NC(=O)c1sc2ccccc2c1Cl. The number of benzene rings is 2. The van der Waals surface area contributed by atoms with Crippen molar-refractivity contribution in [2.75, 3.05) is 25.6 Å². The fourth-order valence-electron chi connectivity index (χ4n) is 2.49. The first kappa shape index (κ1) is 18.4. The molecule has 3 aromatic rings. The number of amides is 2. The second kappa shape index (κ2) is 8.31. The third kappa shape index (κ3) is 3.88. The number of carbonyl (C=O) groups is 2. The zero-order valence-electron chi connectivity index (χ0n) is 14.0. The maximum absolute atomic E-state index is 12.7. The fraction of sp³-hybridized carbons (Fsp3) is 0.158. The summed E-state index contributed by atoms with van der Waals surface area (Å²) >= 11 is 7.68. The van der Waals surface area contributed by atoms with Crippen molar-refractivity contribution in [3.05, 3.63) is 64.0 Å². The van der Waals surface area contributed by atoms with Crippen molar-refractivity contribution in [2.24, 2.45) is 0 Å². The second-order valence-electron chi connectivity index (χ2n) is 5.49. The van der Waals surface area contributed by atoms with Crippen LogP contribution in [0.4, 0.5) is 5.69 Å². The van der Waals surface area contributed by atoms with Crippen molar-refractivity contribution < 1.29 is 14.3 Å². The molecule has 3 rings (SSSR count). The van der Waals surface area contributed by atoms with Crippen molar-refractivity contribution >= 4 is 50.5 Å². The Bertz CT molecular complexity index is 955. The number of nitrogens with one attached hydrogen (secondary N) is 2. The number of hydrogen-bond donors (Lipinski definition) is 2. The third-order valence-electron chi connectivity index (χ3n) is 3.75. The van der Waals surface area contributed by atoms with Gasteiger partial charge in [-0.3, -0.25) is 9.59 Å². The maximum atomic E-state index is 12.7. The van der Waals surface area contributed by atoms with Crippen LogP contribution in [-0.2, 0) is 4.74 Å². The van der Waals surface area contributed by atoms with Gasteiger partial charge in [0.15, 0.2) is 0 Å². The van der Waals surface area contributed by atoms with E-state index in [4.69, 9.17) is 16.3 Å². The van der Waals surface area contributed by atoms with Gasteiger partial charge < -0.3 is 15.4 Å². The first-order valence-corrected chi connectivity index (χ1v) is 9.16. The summed E-state index contributed by atoms with van der Waals surface area (Å²) in [5, 5.41) is 6.81. The van der Waals surface area contributed by atoms with E-state index in [1.165, 1.54) is 11.3 Å². The smallest absolute Gasteiger partial charge is 0.267 e. The molecule has 0 bridgehead atoms. The van der Waals surface area contributed by atoms with Gasteiger partial charge in [0.1, 0.15) is 4.88 Å². The number of hydrogen-bond acceptors (Lipinski definition) is 4. The molecule has 0 unspecified atom stereocenters. The van der Waals surface area contributed by atoms with Crippen LogP contribution in [0.25, 0.3) is 10.1 Å². The largest absolute Gasteiger partial charge is 0.383 e. The van der Waals surface area contributed by atoms with Crippen LogP contribution < -0.4 is 10.6 Å². The molecule has 5 nitrogen and oxygen atoms in total. The Morgan fingerprint density at radius 2 is 1.81 bits per heavy atom. The van der Waals surface area contributed by atoms with Crippen molar-refractivity contribution in [3.63, 3.8) is 0 Å². The van der Waals surface area contributed by atoms with Gasteiger partial charge in [-0.1, -0.05) is 41.9 Å². The monoisotopic (exact) mass is 388 g/mol.